The predicted molar refractivity (Wildman–Crippen MR) is 124 cm³/mol. The fourth-order valence-corrected chi connectivity index (χ4v) is 4.56. The van der Waals surface area contributed by atoms with E-state index in [1.54, 1.807) is 0 Å². The number of carboxylic acids is 1. The van der Waals surface area contributed by atoms with Gasteiger partial charge < -0.3 is 10.0 Å². The van der Waals surface area contributed by atoms with E-state index in [2.05, 4.69) is 11.0 Å². The summed E-state index contributed by atoms with van der Waals surface area (Å²) >= 11 is 12.0. The SMILES string of the molecule is O=C(Cc1ccc(Cl)cc1)N1CC2(CCN(Cc3cccc(Cl)c3)CC2)C1.O=C(O)C(F)(F)F. The normalized spacial score (nSPS) is 17.5. The van der Waals surface area contributed by atoms with Crippen LogP contribution >= 0.6 is 23.2 Å². The summed E-state index contributed by atoms with van der Waals surface area (Å²) in [7, 11) is 0. The van der Waals surface area contributed by atoms with Crippen molar-refractivity contribution in [3.05, 3.63) is 69.7 Å². The first-order valence-corrected chi connectivity index (χ1v) is 11.5. The van der Waals surface area contributed by atoms with Crippen molar-refractivity contribution in [2.24, 2.45) is 5.41 Å². The maximum absolute atomic E-state index is 12.5. The van der Waals surface area contributed by atoms with Crippen molar-refractivity contribution in [1.82, 2.24) is 9.80 Å². The average Bonchev–Trinajstić information content (AvgIpc) is 2.74. The second-order valence-corrected chi connectivity index (χ2v) is 9.63. The molecule has 2 aliphatic heterocycles. The Bertz CT molecular complexity index is 999. The Hall–Kier alpha value is -2.29. The van der Waals surface area contributed by atoms with Crippen LogP contribution in [0.25, 0.3) is 0 Å². The van der Waals surface area contributed by atoms with Crippen molar-refractivity contribution in [2.75, 3.05) is 26.2 Å². The molecule has 0 aliphatic carbocycles. The molecule has 2 heterocycles. The lowest BCUT2D eigenvalue weighted by atomic mass is 9.71. The number of hydrogen-bond acceptors (Lipinski definition) is 3. The van der Waals surface area contributed by atoms with Gasteiger partial charge >= 0.3 is 12.1 Å². The average molecular weight is 517 g/mol. The van der Waals surface area contributed by atoms with E-state index in [1.165, 1.54) is 5.56 Å². The van der Waals surface area contributed by atoms with E-state index in [1.807, 2.05) is 47.4 Å². The van der Waals surface area contributed by atoms with Gasteiger partial charge in [0, 0.05) is 35.1 Å². The van der Waals surface area contributed by atoms with E-state index >= 15 is 0 Å². The molecule has 34 heavy (non-hydrogen) atoms. The monoisotopic (exact) mass is 516 g/mol. The Morgan fingerprint density at radius 3 is 2.06 bits per heavy atom. The van der Waals surface area contributed by atoms with Gasteiger partial charge in [0.05, 0.1) is 6.42 Å². The second kappa shape index (κ2) is 11.0. The van der Waals surface area contributed by atoms with Crippen molar-refractivity contribution in [3.8, 4) is 0 Å². The van der Waals surface area contributed by atoms with Crippen LogP contribution in [0.5, 0.6) is 0 Å². The van der Waals surface area contributed by atoms with Gasteiger partial charge in [-0.25, -0.2) is 4.79 Å². The number of alkyl halides is 3. The van der Waals surface area contributed by atoms with Crippen molar-refractivity contribution < 1.29 is 27.9 Å². The molecule has 4 rings (SSSR count). The van der Waals surface area contributed by atoms with E-state index in [9.17, 15) is 18.0 Å². The van der Waals surface area contributed by atoms with E-state index in [4.69, 9.17) is 33.1 Å². The number of likely N-dealkylation sites (tertiary alicyclic amines) is 2. The number of rotatable bonds is 4. The van der Waals surface area contributed by atoms with Crippen LogP contribution in [0, 0.1) is 5.41 Å². The first-order valence-electron chi connectivity index (χ1n) is 10.7. The summed E-state index contributed by atoms with van der Waals surface area (Å²) < 4.78 is 31.7. The van der Waals surface area contributed by atoms with Gasteiger partial charge in [-0.05, 0) is 61.3 Å². The smallest absolute Gasteiger partial charge is 0.475 e. The minimum atomic E-state index is -5.08. The number of aliphatic carboxylic acids is 1. The van der Waals surface area contributed by atoms with Crippen molar-refractivity contribution in [1.29, 1.82) is 0 Å². The van der Waals surface area contributed by atoms with Crippen LogP contribution in [-0.4, -0.2) is 59.1 Å². The van der Waals surface area contributed by atoms with Crippen LogP contribution in [0.2, 0.25) is 10.0 Å². The highest BCUT2D eigenvalue weighted by Gasteiger charge is 2.46. The standard InChI is InChI=1S/C22H24Cl2N2O.C2HF3O2/c23-19-6-4-17(5-7-19)13-21(27)26-15-22(16-26)8-10-25(11-9-22)14-18-2-1-3-20(24)12-18;3-2(4,5)1(6)7/h1-7,12H,8-11,13-16H2;(H,6,7). The molecule has 1 N–H and O–H groups in total. The summed E-state index contributed by atoms with van der Waals surface area (Å²) in [6.45, 7) is 4.95. The molecule has 5 nitrogen and oxygen atoms in total. The fourth-order valence-electron chi connectivity index (χ4n) is 4.22. The molecule has 0 aromatic heterocycles. The zero-order valence-electron chi connectivity index (χ0n) is 18.3. The molecule has 0 bridgehead atoms. The molecule has 184 valence electrons. The highest BCUT2D eigenvalue weighted by molar-refractivity contribution is 6.30. The molecule has 2 saturated heterocycles. The lowest BCUT2D eigenvalue weighted by Crippen LogP contribution is -2.62. The summed E-state index contributed by atoms with van der Waals surface area (Å²) in [6, 6.07) is 15.7. The van der Waals surface area contributed by atoms with Crippen LogP contribution in [0.4, 0.5) is 13.2 Å². The largest absolute Gasteiger partial charge is 0.490 e. The predicted octanol–water partition coefficient (Wildman–Crippen LogP) is 5.29. The summed E-state index contributed by atoms with van der Waals surface area (Å²) in [6.07, 6.45) is -2.29. The number of carbonyl (C=O) groups excluding carboxylic acids is 1. The van der Waals surface area contributed by atoms with Gasteiger partial charge in [0.2, 0.25) is 5.91 Å². The fraction of sp³-hybridized carbons (Fsp3) is 0.417. The molecular weight excluding hydrogens is 492 g/mol. The van der Waals surface area contributed by atoms with Crippen LogP contribution in [0.1, 0.15) is 24.0 Å². The Morgan fingerprint density at radius 2 is 1.53 bits per heavy atom. The molecule has 2 aliphatic rings. The number of carbonyl (C=O) groups is 2. The van der Waals surface area contributed by atoms with Crippen molar-refractivity contribution in [3.63, 3.8) is 0 Å². The zero-order valence-corrected chi connectivity index (χ0v) is 19.8. The minimum Gasteiger partial charge on any atom is -0.475 e. The van der Waals surface area contributed by atoms with E-state index in [0.717, 1.165) is 56.2 Å². The van der Waals surface area contributed by atoms with Crippen LogP contribution < -0.4 is 0 Å². The summed E-state index contributed by atoms with van der Waals surface area (Å²) in [5.74, 6) is -2.53. The highest BCUT2D eigenvalue weighted by atomic mass is 35.5. The lowest BCUT2D eigenvalue weighted by molar-refractivity contribution is -0.192. The molecule has 10 heteroatoms. The number of piperidine rings is 1. The summed E-state index contributed by atoms with van der Waals surface area (Å²) in [5.41, 5.74) is 2.63. The molecule has 1 amide bonds. The van der Waals surface area contributed by atoms with Gasteiger partial charge in [-0.15, -0.1) is 0 Å². The molecular formula is C24H25Cl2F3N2O3. The highest BCUT2D eigenvalue weighted by Crippen LogP contribution is 2.41. The Labute approximate surface area is 206 Å². The molecule has 2 fully saturated rings. The third kappa shape index (κ3) is 7.35. The van der Waals surface area contributed by atoms with Crippen LogP contribution in [0.15, 0.2) is 48.5 Å². The first kappa shape index (κ1) is 26.3. The second-order valence-electron chi connectivity index (χ2n) is 8.76. The number of benzene rings is 2. The zero-order chi connectivity index (χ0) is 24.9. The molecule has 0 unspecified atom stereocenters. The topological polar surface area (TPSA) is 60.9 Å². The molecule has 0 saturated carbocycles. The van der Waals surface area contributed by atoms with Crippen molar-refractivity contribution >= 4 is 35.1 Å². The van der Waals surface area contributed by atoms with Gasteiger partial charge in [-0.2, -0.15) is 13.2 Å². The van der Waals surface area contributed by atoms with Gasteiger partial charge in [0.25, 0.3) is 0 Å². The number of hydrogen-bond donors (Lipinski definition) is 1. The Morgan fingerprint density at radius 1 is 0.941 bits per heavy atom. The van der Waals surface area contributed by atoms with E-state index in [-0.39, 0.29) is 5.91 Å². The number of nitrogens with zero attached hydrogens (tertiary/aromatic N) is 2. The Kier molecular flexibility index (Phi) is 8.49. The lowest BCUT2D eigenvalue weighted by Gasteiger charge is -2.54. The molecule has 2 aromatic rings. The first-order chi connectivity index (χ1) is 16.0. The van der Waals surface area contributed by atoms with Gasteiger partial charge in [0.1, 0.15) is 0 Å². The molecule has 1 spiro atoms. The minimum absolute atomic E-state index is 0.226. The Balaban J connectivity index is 0.000000406. The van der Waals surface area contributed by atoms with E-state index < -0.39 is 12.1 Å². The van der Waals surface area contributed by atoms with Gasteiger partial charge in [-0.3, -0.25) is 9.69 Å². The molecule has 0 atom stereocenters. The summed E-state index contributed by atoms with van der Waals surface area (Å²) in [5, 5.41) is 8.63. The molecule has 2 aromatic carbocycles. The van der Waals surface area contributed by atoms with Gasteiger partial charge in [0.15, 0.2) is 0 Å². The number of amides is 1. The third-order valence-electron chi connectivity index (χ3n) is 6.13. The third-order valence-corrected chi connectivity index (χ3v) is 6.62. The van der Waals surface area contributed by atoms with Crippen LogP contribution in [-0.2, 0) is 22.6 Å². The van der Waals surface area contributed by atoms with E-state index in [0.29, 0.717) is 16.9 Å². The quantitative estimate of drug-likeness (QED) is 0.599. The maximum Gasteiger partial charge on any atom is 0.490 e. The summed E-state index contributed by atoms with van der Waals surface area (Å²) in [4.78, 5) is 25.9. The van der Waals surface area contributed by atoms with Crippen LogP contribution in [0.3, 0.4) is 0 Å². The number of carboxylic acid groups (broad SMARTS) is 1. The maximum atomic E-state index is 12.5. The number of halogens is 5. The van der Waals surface area contributed by atoms with Crippen molar-refractivity contribution in [2.45, 2.75) is 32.0 Å². The molecule has 0 radical (unpaired) electrons. The van der Waals surface area contributed by atoms with Gasteiger partial charge in [-0.1, -0.05) is 47.5 Å².